The summed E-state index contributed by atoms with van der Waals surface area (Å²) in [6.45, 7) is 1.29. The van der Waals surface area contributed by atoms with Crippen LogP contribution in [0.15, 0.2) is 11.6 Å². The van der Waals surface area contributed by atoms with Crippen LogP contribution in [0.4, 0.5) is 22.0 Å². The molecule has 0 aromatic rings. The Kier molecular flexibility index (Phi) is 3.25. The van der Waals surface area contributed by atoms with E-state index in [1.807, 2.05) is 0 Å². The van der Waals surface area contributed by atoms with Crippen LogP contribution in [0.5, 0.6) is 0 Å². The maximum absolute atomic E-state index is 12.7. The highest BCUT2D eigenvalue weighted by Crippen LogP contribution is 2.37. The van der Waals surface area contributed by atoms with Gasteiger partial charge in [0.15, 0.2) is 0 Å². The van der Waals surface area contributed by atoms with Gasteiger partial charge in [0, 0.05) is 13.1 Å². The highest BCUT2D eigenvalue weighted by atomic mass is 19.4. The van der Waals surface area contributed by atoms with Crippen molar-refractivity contribution in [3.63, 3.8) is 0 Å². The predicted molar refractivity (Wildman–Crippen MR) is 46.0 cm³/mol. The smallest absolute Gasteiger partial charge is 0.333 e. The molecular formula is C9H10F5NO. The molecule has 7 heteroatoms. The number of rotatable bonds is 1. The van der Waals surface area contributed by atoms with Crippen LogP contribution in [0.1, 0.15) is 13.3 Å². The second-order valence-corrected chi connectivity index (χ2v) is 3.64. The van der Waals surface area contributed by atoms with Gasteiger partial charge in [-0.1, -0.05) is 11.6 Å². The van der Waals surface area contributed by atoms with E-state index in [4.69, 9.17) is 0 Å². The zero-order chi connectivity index (χ0) is 12.6. The van der Waals surface area contributed by atoms with Crippen molar-refractivity contribution in [2.24, 2.45) is 0 Å². The van der Waals surface area contributed by atoms with Crippen molar-refractivity contribution < 1.29 is 26.7 Å². The molecule has 16 heavy (non-hydrogen) atoms. The van der Waals surface area contributed by atoms with Crippen molar-refractivity contribution in [2.45, 2.75) is 25.4 Å². The van der Waals surface area contributed by atoms with Crippen LogP contribution in [-0.4, -0.2) is 36.0 Å². The van der Waals surface area contributed by atoms with E-state index in [-0.39, 0.29) is 13.1 Å². The average Bonchev–Trinajstić information content (AvgIpc) is 2.14. The molecular weight excluding hydrogens is 233 g/mol. The second kappa shape index (κ2) is 4.03. The van der Waals surface area contributed by atoms with Crippen molar-refractivity contribution in [3.05, 3.63) is 11.6 Å². The first kappa shape index (κ1) is 12.9. The van der Waals surface area contributed by atoms with Gasteiger partial charge in [-0.2, -0.15) is 22.0 Å². The van der Waals surface area contributed by atoms with E-state index >= 15 is 0 Å². The lowest BCUT2D eigenvalue weighted by Gasteiger charge is -2.30. The normalized spacial score (nSPS) is 18.4. The third-order valence-corrected chi connectivity index (χ3v) is 2.24. The van der Waals surface area contributed by atoms with E-state index in [2.05, 4.69) is 0 Å². The monoisotopic (exact) mass is 243 g/mol. The zero-order valence-electron chi connectivity index (χ0n) is 8.44. The fraction of sp³-hybridized carbons (Fsp3) is 0.667. The van der Waals surface area contributed by atoms with Gasteiger partial charge in [-0.25, -0.2) is 0 Å². The Balaban J connectivity index is 2.83. The zero-order valence-corrected chi connectivity index (χ0v) is 8.44. The Morgan fingerprint density at radius 2 is 1.88 bits per heavy atom. The van der Waals surface area contributed by atoms with Crippen LogP contribution < -0.4 is 0 Å². The number of alkyl halides is 5. The summed E-state index contributed by atoms with van der Waals surface area (Å²) < 4.78 is 61.2. The van der Waals surface area contributed by atoms with Crippen LogP contribution in [0, 0.1) is 0 Å². The van der Waals surface area contributed by atoms with Crippen LogP contribution in [0.25, 0.3) is 0 Å². The van der Waals surface area contributed by atoms with Crippen molar-refractivity contribution in [3.8, 4) is 0 Å². The number of amides is 1. The lowest BCUT2D eigenvalue weighted by atomic mass is 10.1. The molecule has 1 aliphatic heterocycles. The number of nitrogens with zero attached hydrogens (tertiary/aromatic N) is 1. The first-order valence-electron chi connectivity index (χ1n) is 4.56. The number of carbonyl (C=O) groups is 1. The first-order chi connectivity index (χ1) is 7.16. The van der Waals surface area contributed by atoms with E-state index in [0.717, 1.165) is 0 Å². The van der Waals surface area contributed by atoms with Gasteiger partial charge in [0.2, 0.25) is 0 Å². The van der Waals surface area contributed by atoms with Crippen molar-refractivity contribution in [1.29, 1.82) is 0 Å². The summed E-state index contributed by atoms with van der Waals surface area (Å²) >= 11 is 0. The molecule has 0 bridgehead atoms. The molecule has 0 N–H and O–H groups in total. The molecule has 0 unspecified atom stereocenters. The summed E-state index contributed by atoms with van der Waals surface area (Å²) in [5, 5.41) is 0. The van der Waals surface area contributed by atoms with E-state index in [1.165, 1.54) is 0 Å². The molecule has 0 aromatic heterocycles. The third kappa shape index (κ3) is 2.33. The molecule has 0 aliphatic carbocycles. The molecule has 2 nitrogen and oxygen atoms in total. The van der Waals surface area contributed by atoms with E-state index in [9.17, 15) is 26.7 Å². The lowest BCUT2D eigenvalue weighted by Crippen LogP contribution is -2.53. The topological polar surface area (TPSA) is 20.3 Å². The first-order valence-corrected chi connectivity index (χ1v) is 4.56. The van der Waals surface area contributed by atoms with Gasteiger partial charge in [0.05, 0.1) is 0 Å². The largest absolute Gasteiger partial charge is 0.463 e. The second-order valence-electron chi connectivity index (χ2n) is 3.64. The molecule has 1 amide bonds. The van der Waals surface area contributed by atoms with Gasteiger partial charge in [0.1, 0.15) is 0 Å². The summed E-state index contributed by atoms with van der Waals surface area (Å²) in [7, 11) is 0. The van der Waals surface area contributed by atoms with Crippen LogP contribution >= 0.6 is 0 Å². The third-order valence-electron chi connectivity index (χ3n) is 2.24. The Morgan fingerprint density at radius 1 is 1.31 bits per heavy atom. The highest BCUT2D eigenvalue weighted by Gasteiger charge is 2.64. The maximum Gasteiger partial charge on any atom is 0.463 e. The van der Waals surface area contributed by atoms with Crippen molar-refractivity contribution in [1.82, 2.24) is 4.90 Å². The molecule has 0 saturated carbocycles. The molecule has 1 heterocycles. The van der Waals surface area contributed by atoms with Gasteiger partial charge in [0.25, 0.3) is 0 Å². The lowest BCUT2D eigenvalue weighted by molar-refractivity contribution is -0.274. The Hall–Kier alpha value is -1.14. The number of hydrogen-bond acceptors (Lipinski definition) is 1. The fourth-order valence-electron chi connectivity index (χ4n) is 1.40. The molecule has 1 aliphatic rings. The van der Waals surface area contributed by atoms with Crippen LogP contribution in [0.2, 0.25) is 0 Å². The standard InChI is InChI=1S/C9H10F5NO/c1-6-3-2-4-15(5-6)7(16)8(10,11)9(12,13)14/h3H,2,4-5H2,1H3. The summed E-state index contributed by atoms with van der Waals surface area (Å²) in [5.74, 6) is -7.47. The summed E-state index contributed by atoms with van der Waals surface area (Å²) in [4.78, 5) is 11.6. The fourth-order valence-corrected chi connectivity index (χ4v) is 1.40. The minimum atomic E-state index is -5.83. The van der Waals surface area contributed by atoms with Crippen LogP contribution in [0.3, 0.4) is 0 Å². The summed E-state index contributed by atoms with van der Waals surface area (Å²) in [5.41, 5.74) is 0.609. The summed E-state index contributed by atoms with van der Waals surface area (Å²) in [6, 6.07) is 0. The van der Waals surface area contributed by atoms with E-state index < -0.39 is 18.0 Å². The molecule has 0 aromatic carbocycles. The molecule has 0 saturated heterocycles. The number of halogens is 5. The highest BCUT2D eigenvalue weighted by molar-refractivity contribution is 5.84. The summed E-state index contributed by atoms with van der Waals surface area (Å²) in [6.07, 6.45) is -3.83. The minimum Gasteiger partial charge on any atom is -0.333 e. The molecule has 92 valence electrons. The molecule has 0 atom stereocenters. The Morgan fingerprint density at radius 3 is 2.31 bits per heavy atom. The molecule has 1 rings (SSSR count). The molecule has 0 spiro atoms. The Labute approximate surface area is 88.7 Å². The quantitative estimate of drug-likeness (QED) is 0.511. The van der Waals surface area contributed by atoms with Crippen molar-refractivity contribution >= 4 is 5.91 Å². The van der Waals surface area contributed by atoms with E-state index in [0.29, 0.717) is 16.9 Å². The number of hydrogen-bond donors (Lipinski definition) is 0. The van der Waals surface area contributed by atoms with Gasteiger partial charge < -0.3 is 4.90 Å². The van der Waals surface area contributed by atoms with Crippen LogP contribution in [-0.2, 0) is 4.79 Å². The van der Waals surface area contributed by atoms with Crippen molar-refractivity contribution in [2.75, 3.05) is 13.1 Å². The SMILES string of the molecule is CC1=CCCN(C(=O)C(F)(F)C(F)(F)F)C1. The average molecular weight is 243 g/mol. The van der Waals surface area contributed by atoms with E-state index in [1.54, 1.807) is 13.0 Å². The number of carbonyl (C=O) groups excluding carboxylic acids is 1. The molecule has 0 fully saturated rings. The van der Waals surface area contributed by atoms with Gasteiger partial charge >= 0.3 is 18.0 Å². The molecule has 0 radical (unpaired) electrons. The maximum atomic E-state index is 12.7. The Bertz CT molecular complexity index is 320. The van der Waals surface area contributed by atoms with Gasteiger partial charge in [-0.05, 0) is 13.3 Å². The predicted octanol–water partition coefficient (Wildman–Crippen LogP) is 2.36. The van der Waals surface area contributed by atoms with Gasteiger partial charge in [-0.3, -0.25) is 4.79 Å². The minimum absolute atomic E-state index is 0.109. The van der Waals surface area contributed by atoms with Gasteiger partial charge in [-0.15, -0.1) is 0 Å².